The van der Waals surface area contributed by atoms with E-state index in [1.165, 1.54) is 0 Å². The van der Waals surface area contributed by atoms with E-state index in [4.69, 9.17) is 4.74 Å². The van der Waals surface area contributed by atoms with Crippen molar-refractivity contribution in [3.05, 3.63) is 84.2 Å². The molecule has 1 atom stereocenters. The number of aromatic nitrogens is 1. The van der Waals surface area contributed by atoms with Crippen molar-refractivity contribution in [1.29, 1.82) is 0 Å². The molecular formula is C27H29N3O3. The predicted molar refractivity (Wildman–Crippen MR) is 128 cm³/mol. The lowest BCUT2D eigenvalue weighted by molar-refractivity contribution is -0.150. The van der Waals surface area contributed by atoms with Crippen molar-refractivity contribution in [2.45, 2.75) is 25.8 Å². The lowest BCUT2D eigenvalue weighted by atomic mass is 9.93. The summed E-state index contributed by atoms with van der Waals surface area (Å²) in [5, 5.41) is 0. The van der Waals surface area contributed by atoms with Crippen molar-refractivity contribution < 1.29 is 14.3 Å². The molecule has 2 heterocycles. The predicted octanol–water partition coefficient (Wildman–Crippen LogP) is 3.60. The van der Waals surface area contributed by atoms with Crippen molar-refractivity contribution >= 4 is 11.8 Å². The number of piperazine rings is 1. The number of ether oxygens (including phenoxy) is 1. The first-order valence-electron chi connectivity index (χ1n) is 11.3. The van der Waals surface area contributed by atoms with Gasteiger partial charge in [0, 0.05) is 44.0 Å². The van der Waals surface area contributed by atoms with Crippen LogP contribution in [0, 0.1) is 0 Å². The minimum Gasteiger partial charge on any atom is -0.497 e. The van der Waals surface area contributed by atoms with E-state index in [0.717, 1.165) is 22.3 Å². The van der Waals surface area contributed by atoms with Gasteiger partial charge in [-0.15, -0.1) is 0 Å². The van der Waals surface area contributed by atoms with E-state index in [1.54, 1.807) is 18.2 Å². The molecule has 1 aliphatic rings. The third-order valence-electron chi connectivity index (χ3n) is 6.18. The normalized spacial score (nSPS) is 16.1. The van der Waals surface area contributed by atoms with Crippen molar-refractivity contribution in [1.82, 2.24) is 14.8 Å². The van der Waals surface area contributed by atoms with Gasteiger partial charge in [0.05, 0.1) is 13.5 Å². The number of methoxy groups -OCH3 is 1. The highest BCUT2D eigenvalue weighted by Gasteiger charge is 2.37. The summed E-state index contributed by atoms with van der Waals surface area (Å²) in [5.41, 5.74) is 3.94. The molecule has 0 radical (unpaired) electrons. The second-order valence-corrected chi connectivity index (χ2v) is 8.15. The number of rotatable bonds is 7. The molecule has 3 aromatic rings. The maximum absolute atomic E-state index is 13.4. The third kappa shape index (κ3) is 5.06. The summed E-state index contributed by atoms with van der Waals surface area (Å²) in [6.45, 7) is 3.70. The summed E-state index contributed by atoms with van der Waals surface area (Å²) in [5.74, 6) is 0.675. The van der Waals surface area contributed by atoms with Crippen LogP contribution in [-0.4, -0.2) is 59.4 Å². The number of carbonyl (C=O) groups is 2. The van der Waals surface area contributed by atoms with Crippen LogP contribution in [0.3, 0.4) is 0 Å². The zero-order valence-corrected chi connectivity index (χ0v) is 19.1. The quantitative estimate of drug-likeness (QED) is 0.560. The SMILES string of the molecule is CCN1CCN(C(=O)Cc2cccc(OC)c2)C(Cc2ccccc2-c2cccnc2)C1=O. The third-order valence-corrected chi connectivity index (χ3v) is 6.18. The summed E-state index contributed by atoms with van der Waals surface area (Å²) in [6, 6.07) is 18.9. The van der Waals surface area contributed by atoms with E-state index in [-0.39, 0.29) is 18.2 Å². The Morgan fingerprint density at radius 1 is 1.09 bits per heavy atom. The molecule has 1 aliphatic heterocycles. The molecule has 1 saturated heterocycles. The van der Waals surface area contributed by atoms with Gasteiger partial charge in [-0.2, -0.15) is 0 Å². The summed E-state index contributed by atoms with van der Waals surface area (Å²) in [6.07, 6.45) is 4.27. The second-order valence-electron chi connectivity index (χ2n) is 8.15. The van der Waals surface area contributed by atoms with Crippen LogP contribution in [0.5, 0.6) is 5.75 Å². The number of benzene rings is 2. The molecule has 0 N–H and O–H groups in total. The number of nitrogens with zero attached hydrogens (tertiary/aromatic N) is 3. The number of hydrogen-bond acceptors (Lipinski definition) is 4. The molecule has 0 spiro atoms. The number of hydrogen-bond donors (Lipinski definition) is 0. The van der Waals surface area contributed by atoms with E-state index in [9.17, 15) is 9.59 Å². The summed E-state index contributed by atoms with van der Waals surface area (Å²) in [4.78, 5) is 34.6. The largest absolute Gasteiger partial charge is 0.497 e. The number of pyridine rings is 1. The van der Waals surface area contributed by atoms with Crippen LogP contribution < -0.4 is 4.74 Å². The van der Waals surface area contributed by atoms with Gasteiger partial charge in [0.25, 0.3) is 0 Å². The molecule has 33 heavy (non-hydrogen) atoms. The van der Waals surface area contributed by atoms with Gasteiger partial charge in [-0.1, -0.05) is 42.5 Å². The molecule has 0 aliphatic carbocycles. The molecule has 1 unspecified atom stereocenters. The van der Waals surface area contributed by atoms with E-state index < -0.39 is 6.04 Å². The van der Waals surface area contributed by atoms with Crippen LogP contribution in [0.4, 0.5) is 0 Å². The van der Waals surface area contributed by atoms with Crippen LogP contribution in [0.1, 0.15) is 18.1 Å². The maximum atomic E-state index is 13.4. The Hall–Kier alpha value is -3.67. The molecule has 0 bridgehead atoms. The average Bonchev–Trinajstić information content (AvgIpc) is 2.86. The molecule has 4 rings (SSSR count). The Morgan fingerprint density at radius 3 is 2.70 bits per heavy atom. The molecule has 6 heteroatoms. The molecular weight excluding hydrogens is 414 g/mol. The molecule has 1 aromatic heterocycles. The summed E-state index contributed by atoms with van der Waals surface area (Å²) >= 11 is 0. The Labute approximate surface area is 194 Å². The Bertz CT molecular complexity index is 1120. The zero-order valence-electron chi connectivity index (χ0n) is 19.1. The summed E-state index contributed by atoms with van der Waals surface area (Å²) in [7, 11) is 1.61. The van der Waals surface area contributed by atoms with Gasteiger partial charge in [-0.3, -0.25) is 14.6 Å². The van der Waals surface area contributed by atoms with Crippen LogP contribution in [0.2, 0.25) is 0 Å². The lowest BCUT2D eigenvalue weighted by Gasteiger charge is -2.40. The topological polar surface area (TPSA) is 62.7 Å². The fourth-order valence-electron chi connectivity index (χ4n) is 4.42. The van der Waals surface area contributed by atoms with Crippen molar-refractivity contribution in [3.8, 4) is 16.9 Å². The van der Waals surface area contributed by atoms with Gasteiger partial charge in [-0.05, 0) is 41.8 Å². The van der Waals surface area contributed by atoms with Crippen molar-refractivity contribution in [2.75, 3.05) is 26.7 Å². The van der Waals surface area contributed by atoms with E-state index in [1.807, 2.05) is 78.7 Å². The Balaban J connectivity index is 1.62. The zero-order chi connectivity index (χ0) is 23.2. The highest BCUT2D eigenvalue weighted by atomic mass is 16.5. The highest BCUT2D eigenvalue weighted by Crippen LogP contribution is 2.27. The van der Waals surface area contributed by atoms with Crippen LogP contribution in [0.25, 0.3) is 11.1 Å². The Morgan fingerprint density at radius 2 is 1.94 bits per heavy atom. The van der Waals surface area contributed by atoms with Crippen LogP contribution >= 0.6 is 0 Å². The van der Waals surface area contributed by atoms with Crippen molar-refractivity contribution in [2.24, 2.45) is 0 Å². The van der Waals surface area contributed by atoms with Gasteiger partial charge in [0.15, 0.2) is 0 Å². The first-order chi connectivity index (χ1) is 16.1. The van der Waals surface area contributed by atoms with Gasteiger partial charge in [0.2, 0.25) is 11.8 Å². The minimum absolute atomic E-state index is 0.00346. The molecule has 6 nitrogen and oxygen atoms in total. The monoisotopic (exact) mass is 443 g/mol. The number of likely N-dealkylation sites (N-methyl/N-ethyl adjacent to an activating group) is 1. The maximum Gasteiger partial charge on any atom is 0.245 e. The second kappa shape index (κ2) is 10.3. The van der Waals surface area contributed by atoms with Gasteiger partial charge in [0.1, 0.15) is 11.8 Å². The molecule has 1 fully saturated rings. The van der Waals surface area contributed by atoms with Crippen LogP contribution in [-0.2, 0) is 22.4 Å². The minimum atomic E-state index is -0.533. The lowest BCUT2D eigenvalue weighted by Crippen LogP contribution is -2.59. The summed E-state index contributed by atoms with van der Waals surface area (Å²) < 4.78 is 5.29. The Kier molecular flexibility index (Phi) is 7.03. The first kappa shape index (κ1) is 22.5. The van der Waals surface area contributed by atoms with Gasteiger partial charge in [-0.25, -0.2) is 0 Å². The molecule has 0 saturated carbocycles. The fourth-order valence-corrected chi connectivity index (χ4v) is 4.42. The molecule has 2 aromatic carbocycles. The van der Waals surface area contributed by atoms with Gasteiger partial charge < -0.3 is 14.5 Å². The van der Waals surface area contributed by atoms with Crippen LogP contribution in [0.15, 0.2) is 73.1 Å². The van der Waals surface area contributed by atoms with Crippen molar-refractivity contribution in [3.63, 3.8) is 0 Å². The fraction of sp³-hybridized carbons (Fsp3) is 0.296. The number of amides is 2. The van der Waals surface area contributed by atoms with E-state index in [2.05, 4.69) is 4.98 Å². The first-order valence-corrected chi connectivity index (χ1v) is 11.3. The molecule has 170 valence electrons. The standard InChI is InChI=1S/C27H29N3O3/c1-3-29-14-15-30(26(31)17-20-8-6-11-23(16-20)33-2)25(27(29)32)18-21-9-4-5-12-24(21)22-10-7-13-28-19-22/h4-13,16,19,25H,3,14-15,17-18H2,1-2H3. The highest BCUT2D eigenvalue weighted by molar-refractivity contribution is 5.90. The van der Waals surface area contributed by atoms with E-state index in [0.29, 0.717) is 31.8 Å². The number of carbonyl (C=O) groups excluding carboxylic acids is 2. The van der Waals surface area contributed by atoms with Gasteiger partial charge >= 0.3 is 0 Å². The van der Waals surface area contributed by atoms with E-state index >= 15 is 0 Å². The smallest absolute Gasteiger partial charge is 0.245 e. The average molecular weight is 444 g/mol. The molecule has 2 amide bonds.